The van der Waals surface area contributed by atoms with Crippen molar-refractivity contribution in [1.82, 2.24) is 0 Å². The van der Waals surface area contributed by atoms with Crippen LogP contribution in [0.3, 0.4) is 0 Å². The number of carbonyl (C=O) groups is 2. The lowest BCUT2D eigenvalue weighted by molar-refractivity contribution is -0.143. The van der Waals surface area contributed by atoms with E-state index in [0.29, 0.717) is 32.3 Å². The molecule has 0 spiro atoms. The minimum absolute atomic E-state index is 0.227. The Labute approximate surface area is 153 Å². The van der Waals surface area contributed by atoms with Crippen LogP contribution in [0.5, 0.6) is 0 Å². The molecule has 0 radical (unpaired) electrons. The van der Waals surface area contributed by atoms with E-state index < -0.39 is 0 Å². The summed E-state index contributed by atoms with van der Waals surface area (Å²) in [5.41, 5.74) is 9.31. The fraction of sp³-hybridized carbons (Fsp3) is 0.333. The predicted molar refractivity (Wildman–Crippen MR) is 98.1 cm³/mol. The van der Waals surface area contributed by atoms with Crippen molar-refractivity contribution in [3.05, 3.63) is 70.5 Å². The smallest absolute Gasteiger partial charge is 0.306 e. The fourth-order valence-electron chi connectivity index (χ4n) is 2.82. The van der Waals surface area contributed by atoms with Gasteiger partial charge < -0.3 is 10.5 Å². The number of halogens is 1. The molecular formula is C21H24FNO3. The molecule has 2 N–H and O–H groups in total. The Bertz CT molecular complexity index is 756. The minimum Gasteiger partial charge on any atom is -0.466 e. The first kappa shape index (κ1) is 19.6. The van der Waals surface area contributed by atoms with Crippen LogP contribution in [0.4, 0.5) is 4.39 Å². The average Bonchev–Trinajstić information content (AvgIpc) is 2.60. The highest BCUT2D eigenvalue weighted by molar-refractivity contribution is 5.74. The average molecular weight is 357 g/mol. The van der Waals surface area contributed by atoms with Gasteiger partial charge in [0.2, 0.25) is 5.91 Å². The Kier molecular flexibility index (Phi) is 7.33. The van der Waals surface area contributed by atoms with Crippen molar-refractivity contribution in [2.75, 3.05) is 6.61 Å². The summed E-state index contributed by atoms with van der Waals surface area (Å²) in [4.78, 5) is 22.7. The van der Waals surface area contributed by atoms with Crippen LogP contribution in [0.2, 0.25) is 0 Å². The van der Waals surface area contributed by atoms with E-state index in [9.17, 15) is 14.0 Å². The summed E-state index contributed by atoms with van der Waals surface area (Å²) in [6, 6.07) is 12.4. The molecule has 0 bridgehead atoms. The summed E-state index contributed by atoms with van der Waals surface area (Å²) < 4.78 is 18.1. The molecule has 0 aliphatic rings. The molecule has 2 aromatic carbocycles. The quantitative estimate of drug-likeness (QED) is 0.700. The number of ether oxygens (including phenoxy) is 1. The second-order valence-electron chi connectivity index (χ2n) is 6.23. The lowest BCUT2D eigenvalue weighted by Crippen LogP contribution is -2.11. The van der Waals surface area contributed by atoms with E-state index in [-0.39, 0.29) is 24.1 Å². The summed E-state index contributed by atoms with van der Waals surface area (Å²) in [6.45, 7) is 2.15. The van der Waals surface area contributed by atoms with Crippen LogP contribution >= 0.6 is 0 Å². The van der Waals surface area contributed by atoms with Crippen molar-refractivity contribution in [3.8, 4) is 0 Å². The van der Waals surface area contributed by atoms with E-state index in [4.69, 9.17) is 10.5 Å². The number of amides is 1. The first-order valence-corrected chi connectivity index (χ1v) is 8.76. The third kappa shape index (κ3) is 6.67. The van der Waals surface area contributed by atoms with Crippen LogP contribution in [0.1, 0.15) is 42.0 Å². The van der Waals surface area contributed by atoms with Gasteiger partial charge in [0.15, 0.2) is 0 Å². The fourth-order valence-corrected chi connectivity index (χ4v) is 2.82. The maximum Gasteiger partial charge on any atom is 0.306 e. The topological polar surface area (TPSA) is 69.4 Å². The van der Waals surface area contributed by atoms with Gasteiger partial charge >= 0.3 is 5.97 Å². The van der Waals surface area contributed by atoms with Gasteiger partial charge in [-0.15, -0.1) is 0 Å². The number of hydrogen-bond donors (Lipinski definition) is 1. The van der Waals surface area contributed by atoms with E-state index in [1.807, 2.05) is 18.2 Å². The monoisotopic (exact) mass is 357 g/mol. The second kappa shape index (κ2) is 9.70. The largest absolute Gasteiger partial charge is 0.466 e. The number of hydrogen-bond acceptors (Lipinski definition) is 3. The third-order valence-corrected chi connectivity index (χ3v) is 4.02. The highest BCUT2D eigenvalue weighted by Gasteiger charge is 2.08. The van der Waals surface area contributed by atoms with Gasteiger partial charge in [-0.1, -0.05) is 30.3 Å². The second-order valence-corrected chi connectivity index (χ2v) is 6.23. The van der Waals surface area contributed by atoms with Crippen molar-refractivity contribution in [3.63, 3.8) is 0 Å². The van der Waals surface area contributed by atoms with Crippen LogP contribution in [0.25, 0.3) is 0 Å². The van der Waals surface area contributed by atoms with E-state index >= 15 is 0 Å². The molecule has 138 valence electrons. The van der Waals surface area contributed by atoms with Crippen LogP contribution in [-0.2, 0) is 33.6 Å². The van der Waals surface area contributed by atoms with Crippen LogP contribution in [0.15, 0.2) is 42.5 Å². The molecule has 0 atom stereocenters. The number of nitrogens with two attached hydrogens (primary N) is 1. The van der Waals surface area contributed by atoms with Gasteiger partial charge in [-0.05, 0) is 60.6 Å². The Morgan fingerprint density at radius 2 is 1.50 bits per heavy atom. The van der Waals surface area contributed by atoms with Crippen molar-refractivity contribution < 1.29 is 18.7 Å². The third-order valence-electron chi connectivity index (χ3n) is 4.02. The molecule has 0 aromatic heterocycles. The Morgan fingerprint density at radius 3 is 2.08 bits per heavy atom. The predicted octanol–water partition coefficient (Wildman–Crippen LogP) is 3.33. The Balaban J connectivity index is 2.17. The van der Waals surface area contributed by atoms with Gasteiger partial charge in [-0.2, -0.15) is 0 Å². The Morgan fingerprint density at radius 1 is 0.923 bits per heavy atom. The van der Waals surface area contributed by atoms with Crippen molar-refractivity contribution in [1.29, 1.82) is 0 Å². The van der Waals surface area contributed by atoms with Gasteiger partial charge in [0.25, 0.3) is 0 Å². The molecule has 0 fully saturated rings. The normalized spacial score (nSPS) is 10.5. The standard InChI is InChI=1S/C21H24FNO3/c1-2-26-21(25)10-6-17-12-16(5-9-20(23)24)13-18(14-17)11-15-3-7-19(22)8-4-15/h3-4,7-8,12-14H,2,5-6,9-11H2,1H3,(H2,23,24). The van der Waals surface area contributed by atoms with Gasteiger partial charge in [-0.3, -0.25) is 9.59 Å². The first-order chi connectivity index (χ1) is 12.5. The zero-order valence-electron chi connectivity index (χ0n) is 15.0. The molecule has 0 aliphatic carbocycles. The molecule has 5 heteroatoms. The summed E-state index contributed by atoms with van der Waals surface area (Å²) in [6.07, 6.45) is 2.36. The molecule has 0 saturated heterocycles. The molecular weight excluding hydrogens is 333 g/mol. The molecule has 0 aliphatic heterocycles. The number of primary amides is 1. The molecule has 26 heavy (non-hydrogen) atoms. The van der Waals surface area contributed by atoms with E-state index in [1.54, 1.807) is 19.1 Å². The molecule has 1 amide bonds. The zero-order chi connectivity index (χ0) is 18.9. The minimum atomic E-state index is -0.345. The highest BCUT2D eigenvalue weighted by Crippen LogP contribution is 2.18. The van der Waals surface area contributed by atoms with Crippen LogP contribution in [-0.4, -0.2) is 18.5 Å². The number of carbonyl (C=O) groups excluding carboxylic acids is 2. The summed E-state index contributed by atoms with van der Waals surface area (Å²) in [5.74, 6) is -0.837. The van der Waals surface area contributed by atoms with Gasteiger partial charge in [0.1, 0.15) is 5.82 Å². The van der Waals surface area contributed by atoms with Crippen molar-refractivity contribution >= 4 is 11.9 Å². The van der Waals surface area contributed by atoms with E-state index in [0.717, 1.165) is 22.3 Å². The van der Waals surface area contributed by atoms with Crippen molar-refractivity contribution in [2.45, 2.75) is 39.0 Å². The maximum atomic E-state index is 13.1. The molecule has 0 heterocycles. The van der Waals surface area contributed by atoms with Crippen LogP contribution in [0, 0.1) is 5.82 Å². The first-order valence-electron chi connectivity index (χ1n) is 8.76. The molecule has 2 aromatic rings. The van der Waals surface area contributed by atoms with E-state index in [1.165, 1.54) is 12.1 Å². The number of esters is 1. The molecule has 0 saturated carbocycles. The lowest BCUT2D eigenvalue weighted by Gasteiger charge is -2.10. The Hall–Kier alpha value is -2.69. The van der Waals surface area contributed by atoms with Gasteiger partial charge in [0.05, 0.1) is 6.61 Å². The highest BCUT2D eigenvalue weighted by atomic mass is 19.1. The maximum absolute atomic E-state index is 13.1. The van der Waals surface area contributed by atoms with Crippen molar-refractivity contribution in [2.24, 2.45) is 5.73 Å². The summed E-state index contributed by atoms with van der Waals surface area (Å²) in [5, 5.41) is 0. The zero-order valence-corrected chi connectivity index (χ0v) is 15.0. The van der Waals surface area contributed by atoms with E-state index in [2.05, 4.69) is 0 Å². The number of benzene rings is 2. The molecule has 2 rings (SSSR count). The molecule has 0 unspecified atom stereocenters. The SMILES string of the molecule is CCOC(=O)CCc1cc(CCC(N)=O)cc(Cc2ccc(F)cc2)c1. The number of rotatable bonds is 9. The lowest BCUT2D eigenvalue weighted by atomic mass is 9.96. The molecule has 4 nitrogen and oxygen atoms in total. The summed E-state index contributed by atoms with van der Waals surface area (Å²) >= 11 is 0. The van der Waals surface area contributed by atoms with Gasteiger partial charge in [0, 0.05) is 12.8 Å². The van der Waals surface area contributed by atoms with Crippen LogP contribution < -0.4 is 5.73 Å². The summed E-state index contributed by atoms with van der Waals surface area (Å²) in [7, 11) is 0. The van der Waals surface area contributed by atoms with Gasteiger partial charge in [-0.25, -0.2) is 4.39 Å². The number of aryl methyl sites for hydroxylation is 2.